The van der Waals surface area contributed by atoms with E-state index >= 15 is 0 Å². The molecule has 1 aliphatic heterocycles. The van der Waals surface area contributed by atoms with Gasteiger partial charge in [0.2, 0.25) is 0 Å². The first-order valence-corrected chi connectivity index (χ1v) is 7.85. The normalized spacial score (nSPS) is 21.4. The van der Waals surface area contributed by atoms with Crippen LogP contribution in [0.25, 0.3) is 0 Å². The van der Waals surface area contributed by atoms with Crippen molar-refractivity contribution in [2.75, 3.05) is 19.7 Å². The van der Waals surface area contributed by atoms with Crippen LogP contribution in [0.3, 0.4) is 0 Å². The quantitative estimate of drug-likeness (QED) is 0.917. The Morgan fingerprint density at radius 3 is 3.10 bits per heavy atom. The first-order valence-electron chi connectivity index (χ1n) is 7.85. The number of rotatable bonds is 3. The maximum Gasteiger partial charge on any atom is 0.261 e. The number of pyridine rings is 1. The predicted molar refractivity (Wildman–Crippen MR) is 79.6 cm³/mol. The van der Waals surface area contributed by atoms with Gasteiger partial charge in [-0.2, -0.15) is 0 Å². The molecule has 2 aliphatic rings. The standard InChI is InChI=1S/C16H22N2O3/c1-2-21-12-6-4-8-18(10-12)16(20)13-9-11-5-3-7-14(11)17-15(13)19/h9,12H,2-8,10H2,1H3,(H,17,19). The fourth-order valence-electron chi connectivity index (χ4n) is 3.34. The number of carbonyl (C=O) groups is 1. The van der Waals surface area contributed by atoms with Crippen LogP contribution in [-0.4, -0.2) is 41.6 Å². The van der Waals surface area contributed by atoms with Crippen LogP contribution in [0.4, 0.5) is 0 Å². The second-order valence-corrected chi connectivity index (χ2v) is 5.84. The number of ether oxygens (including phenoxy) is 1. The van der Waals surface area contributed by atoms with Crippen molar-refractivity contribution >= 4 is 5.91 Å². The molecule has 1 N–H and O–H groups in total. The number of carbonyl (C=O) groups excluding carboxylic acids is 1. The molecule has 5 nitrogen and oxygen atoms in total. The number of aromatic nitrogens is 1. The summed E-state index contributed by atoms with van der Waals surface area (Å²) in [6, 6.07) is 1.80. The van der Waals surface area contributed by atoms with Crippen molar-refractivity contribution in [3.8, 4) is 0 Å². The summed E-state index contributed by atoms with van der Waals surface area (Å²) < 4.78 is 5.62. The molecular weight excluding hydrogens is 268 g/mol. The number of H-pyrrole nitrogens is 1. The Balaban J connectivity index is 1.80. The van der Waals surface area contributed by atoms with Gasteiger partial charge in [-0.1, -0.05) is 0 Å². The monoisotopic (exact) mass is 290 g/mol. The third-order valence-electron chi connectivity index (χ3n) is 4.39. The Morgan fingerprint density at radius 2 is 2.29 bits per heavy atom. The summed E-state index contributed by atoms with van der Waals surface area (Å²) in [5.74, 6) is -0.157. The molecule has 1 atom stereocenters. The fourth-order valence-corrected chi connectivity index (χ4v) is 3.34. The molecule has 0 bridgehead atoms. The first kappa shape index (κ1) is 14.3. The number of hydrogen-bond donors (Lipinski definition) is 1. The minimum Gasteiger partial charge on any atom is -0.377 e. The van der Waals surface area contributed by atoms with E-state index in [2.05, 4.69) is 4.98 Å². The molecule has 0 saturated carbocycles. The maximum atomic E-state index is 12.6. The summed E-state index contributed by atoms with van der Waals surface area (Å²) in [4.78, 5) is 29.4. The molecule has 0 aromatic carbocycles. The highest BCUT2D eigenvalue weighted by Crippen LogP contribution is 2.20. The summed E-state index contributed by atoms with van der Waals surface area (Å²) in [6.07, 6.45) is 4.93. The molecule has 1 aromatic heterocycles. The van der Waals surface area contributed by atoms with Gasteiger partial charge in [0.1, 0.15) is 5.56 Å². The minimum absolute atomic E-state index is 0.0983. The van der Waals surface area contributed by atoms with E-state index in [0.29, 0.717) is 19.7 Å². The Morgan fingerprint density at radius 1 is 1.43 bits per heavy atom. The van der Waals surface area contributed by atoms with Gasteiger partial charge in [0.15, 0.2) is 0 Å². The number of likely N-dealkylation sites (tertiary alicyclic amines) is 1. The van der Waals surface area contributed by atoms with Crippen LogP contribution in [-0.2, 0) is 17.6 Å². The molecule has 1 unspecified atom stereocenters. The Kier molecular flexibility index (Phi) is 4.10. The molecule has 3 rings (SSSR count). The van der Waals surface area contributed by atoms with Crippen molar-refractivity contribution < 1.29 is 9.53 Å². The van der Waals surface area contributed by atoms with Crippen LogP contribution in [0.5, 0.6) is 0 Å². The van der Waals surface area contributed by atoms with E-state index < -0.39 is 0 Å². The van der Waals surface area contributed by atoms with Gasteiger partial charge in [0, 0.05) is 25.4 Å². The summed E-state index contributed by atoms with van der Waals surface area (Å²) in [5, 5.41) is 0. The number of hydrogen-bond acceptors (Lipinski definition) is 3. The average molecular weight is 290 g/mol. The van der Waals surface area contributed by atoms with E-state index in [1.165, 1.54) is 0 Å². The lowest BCUT2D eigenvalue weighted by molar-refractivity contribution is 0.00717. The first-order chi connectivity index (χ1) is 10.2. The molecule has 1 aromatic rings. The van der Waals surface area contributed by atoms with E-state index in [4.69, 9.17) is 4.74 Å². The number of nitrogens with one attached hydrogen (secondary N) is 1. The number of piperidine rings is 1. The van der Waals surface area contributed by atoms with Crippen LogP contribution < -0.4 is 5.56 Å². The molecule has 21 heavy (non-hydrogen) atoms. The van der Waals surface area contributed by atoms with Gasteiger partial charge in [-0.15, -0.1) is 0 Å². The summed E-state index contributed by atoms with van der Waals surface area (Å²) in [5.41, 5.74) is 2.16. The van der Waals surface area contributed by atoms with E-state index in [1.54, 1.807) is 11.0 Å². The molecule has 0 spiro atoms. The van der Waals surface area contributed by atoms with Crippen molar-refractivity contribution in [2.24, 2.45) is 0 Å². The largest absolute Gasteiger partial charge is 0.377 e. The van der Waals surface area contributed by atoms with Crippen LogP contribution >= 0.6 is 0 Å². The van der Waals surface area contributed by atoms with Crippen LogP contribution in [0.2, 0.25) is 0 Å². The summed E-state index contributed by atoms with van der Waals surface area (Å²) in [7, 11) is 0. The third kappa shape index (κ3) is 2.88. The molecular formula is C16H22N2O3. The lowest BCUT2D eigenvalue weighted by Crippen LogP contribution is -2.44. The van der Waals surface area contributed by atoms with Crippen LogP contribution in [0.1, 0.15) is 47.8 Å². The van der Waals surface area contributed by atoms with Crippen molar-refractivity contribution in [3.63, 3.8) is 0 Å². The highest BCUT2D eigenvalue weighted by Gasteiger charge is 2.27. The Hall–Kier alpha value is -1.62. The zero-order valence-corrected chi connectivity index (χ0v) is 12.5. The Labute approximate surface area is 124 Å². The number of amides is 1. The second kappa shape index (κ2) is 6.02. The minimum atomic E-state index is -0.251. The van der Waals surface area contributed by atoms with Crippen LogP contribution in [0, 0.1) is 0 Å². The lowest BCUT2D eigenvalue weighted by atomic mass is 10.1. The lowest BCUT2D eigenvalue weighted by Gasteiger charge is -2.32. The average Bonchev–Trinajstić information content (AvgIpc) is 2.93. The van der Waals surface area contributed by atoms with E-state index in [0.717, 1.165) is 43.4 Å². The smallest absolute Gasteiger partial charge is 0.261 e. The van der Waals surface area contributed by atoms with Crippen molar-refractivity contribution in [3.05, 3.63) is 33.2 Å². The summed E-state index contributed by atoms with van der Waals surface area (Å²) in [6.45, 7) is 3.92. The molecule has 2 heterocycles. The second-order valence-electron chi connectivity index (χ2n) is 5.84. The number of aryl methyl sites for hydroxylation is 2. The SMILES string of the molecule is CCOC1CCCN(C(=O)c2cc3c([nH]c2=O)CCC3)C1. The number of nitrogens with zero attached hydrogens (tertiary/aromatic N) is 1. The van der Waals surface area contributed by atoms with Gasteiger partial charge in [0.25, 0.3) is 11.5 Å². The van der Waals surface area contributed by atoms with Gasteiger partial charge in [-0.05, 0) is 50.7 Å². The molecule has 1 saturated heterocycles. The molecule has 114 valence electrons. The van der Waals surface area contributed by atoms with Crippen molar-refractivity contribution in [1.82, 2.24) is 9.88 Å². The number of aromatic amines is 1. The van der Waals surface area contributed by atoms with E-state index in [1.807, 2.05) is 6.92 Å². The van der Waals surface area contributed by atoms with Gasteiger partial charge >= 0.3 is 0 Å². The predicted octanol–water partition coefficient (Wildman–Crippen LogP) is 1.50. The molecule has 5 heteroatoms. The summed E-state index contributed by atoms with van der Waals surface area (Å²) >= 11 is 0. The van der Waals surface area contributed by atoms with Gasteiger partial charge < -0.3 is 14.6 Å². The molecule has 1 fully saturated rings. The highest BCUT2D eigenvalue weighted by molar-refractivity contribution is 5.94. The third-order valence-corrected chi connectivity index (χ3v) is 4.39. The van der Waals surface area contributed by atoms with E-state index in [9.17, 15) is 9.59 Å². The number of fused-ring (bicyclic) bond motifs is 1. The molecule has 1 aliphatic carbocycles. The maximum absolute atomic E-state index is 12.6. The zero-order valence-electron chi connectivity index (χ0n) is 12.5. The topological polar surface area (TPSA) is 62.4 Å². The van der Waals surface area contributed by atoms with Crippen LogP contribution in [0.15, 0.2) is 10.9 Å². The van der Waals surface area contributed by atoms with Gasteiger partial charge in [0.05, 0.1) is 6.10 Å². The molecule has 1 amide bonds. The molecule has 0 radical (unpaired) electrons. The van der Waals surface area contributed by atoms with E-state index in [-0.39, 0.29) is 23.1 Å². The zero-order chi connectivity index (χ0) is 14.8. The van der Waals surface area contributed by atoms with Crippen molar-refractivity contribution in [1.29, 1.82) is 0 Å². The Bertz CT molecular complexity index is 592. The highest BCUT2D eigenvalue weighted by atomic mass is 16.5. The fraction of sp³-hybridized carbons (Fsp3) is 0.625. The van der Waals surface area contributed by atoms with Crippen molar-refractivity contribution in [2.45, 2.75) is 45.1 Å². The van der Waals surface area contributed by atoms with Gasteiger partial charge in [-0.3, -0.25) is 9.59 Å². The van der Waals surface area contributed by atoms with Gasteiger partial charge in [-0.25, -0.2) is 0 Å².